The lowest BCUT2D eigenvalue weighted by Gasteiger charge is -1.99. The van der Waals surface area contributed by atoms with Crippen molar-refractivity contribution in [3.8, 4) is 5.75 Å². The van der Waals surface area contributed by atoms with E-state index in [1.165, 1.54) is 12.1 Å². The van der Waals surface area contributed by atoms with Gasteiger partial charge in [0.2, 0.25) is 5.43 Å². The maximum Gasteiger partial charge on any atom is 0.796 e. The Morgan fingerprint density at radius 2 is 1.80 bits per heavy atom. The summed E-state index contributed by atoms with van der Waals surface area (Å²) >= 11 is 0. The summed E-state index contributed by atoms with van der Waals surface area (Å²) in [5.74, 6) is -0.0897. The van der Waals surface area contributed by atoms with E-state index in [0.29, 0.717) is 0 Å². The smallest absolute Gasteiger partial charge is 0.502 e. The molecule has 0 atom stereocenters. The zero-order chi connectivity index (χ0) is 11.4. The third kappa shape index (κ3) is 3.34. The minimum absolute atomic E-state index is 0.233. The second kappa shape index (κ2) is 4.91. The van der Waals surface area contributed by atoms with Gasteiger partial charge < -0.3 is 4.65 Å². The van der Waals surface area contributed by atoms with Crippen molar-refractivity contribution in [3.05, 3.63) is 40.1 Å². The molecule has 15 heavy (non-hydrogen) atoms. The lowest BCUT2D eigenvalue weighted by molar-refractivity contribution is 0.424. The number of hydrogen-bond acceptors (Lipinski definition) is 2. The van der Waals surface area contributed by atoms with Crippen molar-refractivity contribution in [1.82, 2.24) is 0 Å². The van der Waals surface area contributed by atoms with Gasteiger partial charge in [0.05, 0.1) is 0 Å². The lowest BCUT2D eigenvalue weighted by atomic mass is 10.1. The summed E-state index contributed by atoms with van der Waals surface area (Å²) in [6.45, 7) is 3.90. The van der Waals surface area contributed by atoms with Crippen LogP contribution in [0.2, 0.25) is 0 Å². The van der Waals surface area contributed by atoms with Crippen molar-refractivity contribution in [2.45, 2.75) is 19.8 Å². The van der Waals surface area contributed by atoms with Crippen LogP contribution in [0, 0.1) is 0 Å². The quantitative estimate of drug-likeness (QED) is 0.719. The molecule has 1 rings (SSSR count). The molecule has 0 N–H and O–H groups in total. The van der Waals surface area contributed by atoms with Crippen LogP contribution >= 0.6 is 0 Å². The Morgan fingerprint density at radius 1 is 1.20 bits per heavy atom. The Labute approximate surface area is 87.1 Å². The van der Waals surface area contributed by atoms with E-state index < -0.39 is 12.9 Å². The van der Waals surface area contributed by atoms with Crippen LogP contribution in [-0.4, -0.2) is 7.47 Å². The Morgan fingerprint density at radius 3 is 2.33 bits per heavy atom. The number of rotatable bonds is 3. The molecule has 0 amide bonds. The van der Waals surface area contributed by atoms with Gasteiger partial charge in [-0.3, -0.25) is 4.79 Å². The van der Waals surface area contributed by atoms with E-state index in [1.54, 1.807) is 12.1 Å². The first-order valence-electron chi connectivity index (χ1n) is 4.60. The summed E-state index contributed by atoms with van der Waals surface area (Å²) in [5, 5.41) is 0. The fraction of sp³-hybridized carbons (Fsp3) is 0.300. The van der Waals surface area contributed by atoms with Crippen LogP contribution < -0.4 is 10.1 Å². The maximum absolute atomic E-state index is 11.9. The first-order valence-corrected chi connectivity index (χ1v) is 4.60. The van der Waals surface area contributed by atoms with Gasteiger partial charge in [-0.1, -0.05) is 26.0 Å². The SMILES string of the molecule is CC(C)c1ccc(OB(F)F)c(=O)cc1. The molecule has 1 aromatic rings. The molecule has 0 spiro atoms. The maximum atomic E-state index is 11.9. The fourth-order valence-electron chi connectivity index (χ4n) is 1.14. The molecule has 0 saturated carbocycles. The fourth-order valence-corrected chi connectivity index (χ4v) is 1.14. The molecule has 0 saturated heterocycles. The third-order valence-electron chi connectivity index (χ3n) is 1.98. The molecule has 0 fully saturated rings. The van der Waals surface area contributed by atoms with Gasteiger partial charge in [-0.2, -0.15) is 0 Å². The highest BCUT2D eigenvalue weighted by Gasteiger charge is 2.18. The Hall–Kier alpha value is -1.39. The molecule has 0 aliphatic carbocycles. The summed E-state index contributed by atoms with van der Waals surface area (Å²) < 4.78 is 27.9. The second-order valence-electron chi connectivity index (χ2n) is 3.43. The average molecular weight is 212 g/mol. The van der Waals surface area contributed by atoms with Gasteiger partial charge in [-0.25, -0.2) is 8.63 Å². The van der Waals surface area contributed by atoms with Gasteiger partial charge in [0.25, 0.3) is 0 Å². The Balaban J connectivity index is 3.11. The van der Waals surface area contributed by atoms with E-state index in [2.05, 4.69) is 4.65 Å². The van der Waals surface area contributed by atoms with Crippen LogP contribution in [0.4, 0.5) is 8.63 Å². The highest BCUT2D eigenvalue weighted by molar-refractivity contribution is 6.35. The normalized spacial score (nSPS) is 10.2. The number of halogens is 2. The van der Waals surface area contributed by atoms with Gasteiger partial charge in [0.1, 0.15) is 0 Å². The minimum atomic E-state index is -2.97. The second-order valence-corrected chi connectivity index (χ2v) is 3.43. The van der Waals surface area contributed by atoms with Gasteiger partial charge in [-0.05, 0) is 23.6 Å². The summed E-state index contributed by atoms with van der Waals surface area (Å²) in [5.41, 5.74) is 0.360. The van der Waals surface area contributed by atoms with Crippen LogP contribution in [-0.2, 0) is 0 Å². The van der Waals surface area contributed by atoms with Gasteiger partial charge in [0.15, 0.2) is 5.75 Å². The van der Waals surface area contributed by atoms with Crippen LogP contribution in [0.15, 0.2) is 29.1 Å². The Bertz CT molecular complexity index is 394. The first kappa shape index (κ1) is 11.7. The summed E-state index contributed by atoms with van der Waals surface area (Å²) in [4.78, 5) is 11.3. The van der Waals surface area contributed by atoms with Crippen molar-refractivity contribution in [2.75, 3.05) is 0 Å². The highest BCUT2D eigenvalue weighted by Crippen LogP contribution is 2.14. The molecule has 5 heteroatoms. The number of hydrogen-bond donors (Lipinski definition) is 0. The summed E-state index contributed by atoms with van der Waals surface area (Å²) in [6.07, 6.45) is 0. The van der Waals surface area contributed by atoms with Gasteiger partial charge in [-0.15, -0.1) is 0 Å². The predicted octanol–water partition coefficient (Wildman–Crippen LogP) is 2.47. The van der Waals surface area contributed by atoms with Crippen LogP contribution in [0.5, 0.6) is 5.75 Å². The molecule has 0 aromatic heterocycles. The van der Waals surface area contributed by atoms with Crippen molar-refractivity contribution >= 4 is 7.47 Å². The molecule has 80 valence electrons. The van der Waals surface area contributed by atoms with Crippen LogP contribution in [0.25, 0.3) is 0 Å². The summed E-state index contributed by atoms with van der Waals surface area (Å²) in [7, 11) is -2.97. The third-order valence-corrected chi connectivity index (χ3v) is 1.98. The molecular weight excluding hydrogens is 201 g/mol. The molecule has 0 heterocycles. The highest BCUT2D eigenvalue weighted by atomic mass is 19.2. The van der Waals surface area contributed by atoms with E-state index >= 15 is 0 Å². The predicted molar refractivity (Wildman–Crippen MR) is 55.4 cm³/mol. The van der Waals surface area contributed by atoms with Crippen LogP contribution in [0.3, 0.4) is 0 Å². The van der Waals surface area contributed by atoms with Gasteiger partial charge in [0, 0.05) is 0 Å². The largest absolute Gasteiger partial charge is 0.796 e. The van der Waals surface area contributed by atoms with Crippen molar-refractivity contribution in [3.63, 3.8) is 0 Å². The first-order chi connectivity index (χ1) is 7.00. The summed E-state index contributed by atoms with van der Waals surface area (Å²) in [6, 6.07) is 5.76. The lowest BCUT2D eigenvalue weighted by Crippen LogP contribution is -2.13. The van der Waals surface area contributed by atoms with Crippen molar-refractivity contribution in [2.24, 2.45) is 0 Å². The van der Waals surface area contributed by atoms with E-state index in [-0.39, 0.29) is 11.7 Å². The molecule has 1 aromatic carbocycles. The van der Waals surface area contributed by atoms with Crippen LogP contribution in [0.1, 0.15) is 25.3 Å². The molecule has 0 bridgehead atoms. The molecular formula is C10H11BF2O2. The van der Waals surface area contributed by atoms with E-state index in [9.17, 15) is 13.4 Å². The topological polar surface area (TPSA) is 26.3 Å². The molecule has 0 aliphatic rings. The zero-order valence-corrected chi connectivity index (χ0v) is 8.54. The van der Waals surface area contributed by atoms with E-state index in [0.717, 1.165) is 5.56 Å². The molecule has 0 radical (unpaired) electrons. The molecule has 2 nitrogen and oxygen atoms in total. The van der Waals surface area contributed by atoms with E-state index in [4.69, 9.17) is 0 Å². The molecule has 0 unspecified atom stereocenters. The van der Waals surface area contributed by atoms with Crippen molar-refractivity contribution < 1.29 is 13.3 Å². The van der Waals surface area contributed by atoms with Gasteiger partial charge >= 0.3 is 7.47 Å². The standard InChI is InChI=1S/C10H11BF2O2/c1-7(2)8-3-5-9(14)10(6-4-8)15-11(12)13/h3-7H,1-2H3. The monoisotopic (exact) mass is 212 g/mol. The zero-order valence-electron chi connectivity index (χ0n) is 8.54. The Kier molecular flexibility index (Phi) is 3.83. The van der Waals surface area contributed by atoms with E-state index in [1.807, 2.05) is 13.8 Å². The average Bonchev–Trinajstić information content (AvgIpc) is 2.29. The van der Waals surface area contributed by atoms with Crippen molar-refractivity contribution in [1.29, 1.82) is 0 Å². The minimum Gasteiger partial charge on any atom is -0.502 e. The molecule has 0 aliphatic heterocycles.